The smallest absolute Gasteiger partial charge is 0.161 e. The molecule has 0 radical (unpaired) electrons. The highest BCUT2D eigenvalue weighted by Crippen LogP contribution is 2.22. The molecule has 0 fully saturated rings. The van der Waals surface area contributed by atoms with E-state index in [0.717, 1.165) is 12.2 Å². The summed E-state index contributed by atoms with van der Waals surface area (Å²) in [6.45, 7) is 2.08. The molecule has 56 valence electrons. The number of rotatable bonds is 0. The third-order valence-corrected chi connectivity index (χ3v) is 1.75. The van der Waals surface area contributed by atoms with Gasteiger partial charge in [-0.05, 0) is 13.0 Å². The Kier molecular flexibility index (Phi) is 1.39. The van der Waals surface area contributed by atoms with Gasteiger partial charge in [0.1, 0.15) is 0 Å². The number of fused-ring (bicyclic) bond motifs is 1. The van der Waals surface area contributed by atoms with Crippen molar-refractivity contribution < 1.29 is 4.84 Å². The molecule has 1 aromatic carbocycles. The van der Waals surface area contributed by atoms with E-state index in [0.29, 0.717) is 0 Å². The van der Waals surface area contributed by atoms with Crippen LogP contribution in [0.3, 0.4) is 0 Å². The second-order valence-corrected chi connectivity index (χ2v) is 2.69. The van der Waals surface area contributed by atoms with Crippen LogP contribution >= 0.6 is 0 Å². The standard InChI is InChI=1S/C9H9NO/c1-7-2-3-9-8(6-7)4-5-10-11-9/h2-3,5-6H,4H2,1H3. The van der Waals surface area contributed by atoms with Gasteiger partial charge in [0.15, 0.2) is 5.75 Å². The Morgan fingerprint density at radius 2 is 2.36 bits per heavy atom. The number of nitrogens with zero attached hydrogens (tertiary/aromatic N) is 1. The van der Waals surface area contributed by atoms with E-state index in [9.17, 15) is 0 Å². The molecular formula is C9H9NO. The number of benzene rings is 1. The van der Waals surface area contributed by atoms with Crippen LogP contribution < -0.4 is 4.84 Å². The van der Waals surface area contributed by atoms with Gasteiger partial charge >= 0.3 is 0 Å². The lowest BCUT2D eigenvalue weighted by Crippen LogP contribution is -1.99. The molecule has 0 bridgehead atoms. The first-order chi connectivity index (χ1) is 5.36. The zero-order valence-corrected chi connectivity index (χ0v) is 6.37. The van der Waals surface area contributed by atoms with Crippen molar-refractivity contribution in [1.29, 1.82) is 0 Å². The van der Waals surface area contributed by atoms with Crippen molar-refractivity contribution >= 4 is 6.21 Å². The normalized spacial score (nSPS) is 13.9. The van der Waals surface area contributed by atoms with E-state index in [4.69, 9.17) is 4.84 Å². The minimum Gasteiger partial charge on any atom is -0.357 e. The predicted molar refractivity (Wildman–Crippen MR) is 44.0 cm³/mol. The average molecular weight is 147 g/mol. The monoisotopic (exact) mass is 147 g/mol. The first-order valence-corrected chi connectivity index (χ1v) is 3.64. The summed E-state index contributed by atoms with van der Waals surface area (Å²) in [6, 6.07) is 6.11. The van der Waals surface area contributed by atoms with Gasteiger partial charge in [0.05, 0.1) is 0 Å². The van der Waals surface area contributed by atoms with Crippen molar-refractivity contribution in [2.75, 3.05) is 0 Å². The first kappa shape index (κ1) is 6.40. The quantitative estimate of drug-likeness (QED) is 0.549. The summed E-state index contributed by atoms with van der Waals surface area (Å²) in [5.74, 6) is 0.887. The summed E-state index contributed by atoms with van der Waals surface area (Å²) < 4.78 is 0. The molecule has 2 nitrogen and oxygen atoms in total. The van der Waals surface area contributed by atoms with Gasteiger partial charge in [-0.3, -0.25) is 0 Å². The van der Waals surface area contributed by atoms with E-state index in [1.807, 2.05) is 12.1 Å². The second kappa shape index (κ2) is 2.38. The Labute approximate surface area is 65.5 Å². The molecule has 1 aliphatic heterocycles. The highest BCUT2D eigenvalue weighted by atomic mass is 16.6. The Hall–Kier alpha value is -1.31. The Balaban J connectivity index is 2.48. The summed E-state index contributed by atoms with van der Waals surface area (Å²) in [6.07, 6.45) is 2.67. The van der Waals surface area contributed by atoms with Gasteiger partial charge in [0.2, 0.25) is 0 Å². The number of hydrogen-bond acceptors (Lipinski definition) is 2. The van der Waals surface area contributed by atoms with E-state index in [-0.39, 0.29) is 0 Å². The maximum Gasteiger partial charge on any atom is 0.161 e. The van der Waals surface area contributed by atoms with E-state index >= 15 is 0 Å². The van der Waals surface area contributed by atoms with Crippen LogP contribution in [0.5, 0.6) is 5.75 Å². The minimum atomic E-state index is 0.886. The maximum atomic E-state index is 5.05. The van der Waals surface area contributed by atoms with Crippen LogP contribution in [0.1, 0.15) is 11.1 Å². The highest BCUT2D eigenvalue weighted by Gasteiger charge is 2.05. The van der Waals surface area contributed by atoms with Crippen LogP contribution in [0.4, 0.5) is 0 Å². The molecule has 0 aromatic heterocycles. The summed E-state index contributed by atoms with van der Waals surface area (Å²) in [5.41, 5.74) is 2.49. The Bertz CT molecular complexity index is 304. The van der Waals surface area contributed by atoms with Gasteiger partial charge in [-0.25, -0.2) is 0 Å². The van der Waals surface area contributed by atoms with E-state index in [1.54, 1.807) is 6.21 Å². The Morgan fingerprint density at radius 3 is 3.27 bits per heavy atom. The van der Waals surface area contributed by atoms with Gasteiger partial charge in [-0.15, -0.1) is 0 Å². The van der Waals surface area contributed by atoms with Gasteiger partial charge in [0.25, 0.3) is 0 Å². The SMILES string of the molecule is Cc1ccc2c(c1)CC=NO2. The maximum absolute atomic E-state index is 5.05. The highest BCUT2D eigenvalue weighted by molar-refractivity contribution is 5.64. The van der Waals surface area contributed by atoms with Gasteiger partial charge in [-0.1, -0.05) is 22.9 Å². The fourth-order valence-corrected chi connectivity index (χ4v) is 1.19. The van der Waals surface area contributed by atoms with Crippen molar-refractivity contribution in [2.45, 2.75) is 13.3 Å². The molecule has 11 heavy (non-hydrogen) atoms. The lowest BCUT2D eigenvalue weighted by molar-refractivity contribution is 0.333. The van der Waals surface area contributed by atoms with Crippen LogP contribution in [0.2, 0.25) is 0 Å². The first-order valence-electron chi connectivity index (χ1n) is 3.64. The molecule has 0 aliphatic carbocycles. The molecule has 1 aromatic rings. The topological polar surface area (TPSA) is 21.6 Å². The van der Waals surface area contributed by atoms with Crippen molar-refractivity contribution in [1.82, 2.24) is 0 Å². The lowest BCUT2D eigenvalue weighted by atomic mass is 10.1. The average Bonchev–Trinajstić information content (AvgIpc) is 2.04. The second-order valence-electron chi connectivity index (χ2n) is 2.69. The molecule has 1 heterocycles. The number of hydrogen-bond donors (Lipinski definition) is 0. The van der Waals surface area contributed by atoms with Crippen LogP contribution in [0, 0.1) is 6.92 Å². The van der Waals surface area contributed by atoms with Gasteiger partial charge in [0, 0.05) is 18.2 Å². The molecule has 0 unspecified atom stereocenters. The van der Waals surface area contributed by atoms with Crippen LogP contribution in [0.25, 0.3) is 0 Å². The van der Waals surface area contributed by atoms with Crippen LogP contribution in [-0.2, 0) is 6.42 Å². The molecule has 0 saturated heterocycles. The van der Waals surface area contributed by atoms with E-state index in [2.05, 4.69) is 18.1 Å². The fraction of sp³-hybridized carbons (Fsp3) is 0.222. The van der Waals surface area contributed by atoms with Crippen molar-refractivity contribution in [3.63, 3.8) is 0 Å². The van der Waals surface area contributed by atoms with Crippen LogP contribution in [0.15, 0.2) is 23.4 Å². The molecule has 0 saturated carbocycles. The summed E-state index contributed by atoms with van der Waals surface area (Å²) in [4.78, 5) is 5.05. The summed E-state index contributed by atoms with van der Waals surface area (Å²) in [5, 5.41) is 3.72. The molecule has 2 rings (SSSR count). The van der Waals surface area contributed by atoms with Crippen molar-refractivity contribution in [2.24, 2.45) is 5.16 Å². The largest absolute Gasteiger partial charge is 0.357 e. The fourth-order valence-electron chi connectivity index (χ4n) is 1.19. The van der Waals surface area contributed by atoms with Gasteiger partial charge in [-0.2, -0.15) is 0 Å². The lowest BCUT2D eigenvalue weighted by Gasteiger charge is -2.09. The number of aryl methyl sites for hydroxylation is 1. The molecule has 1 aliphatic rings. The molecule has 2 heteroatoms. The third-order valence-electron chi connectivity index (χ3n) is 1.75. The summed E-state index contributed by atoms with van der Waals surface area (Å²) in [7, 11) is 0. The van der Waals surface area contributed by atoms with Gasteiger partial charge < -0.3 is 4.84 Å². The van der Waals surface area contributed by atoms with Crippen LogP contribution in [-0.4, -0.2) is 6.21 Å². The predicted octanol–water partition coefficient (Wildman–Crippen LogP) is 1.92. The summed E-state index contributed by atoms with van der Waals surface area (Å²) >= 11 is 0. The minimum absolute atomic E-state index is 0.886. The van der Waals surface area contributed by atoms with E-state index < -0.39 is 0 Å². The molecule has 0 spiro atoms. The zero-order valence-electron chi connectivity index (χ0n) is 6.37. The number of oxime groups is 1. The molecular weight excluding hydrogens is 138 g/mol. The molecule has 0 atom stereocenters. The van der Waals surface area contributed by atoms with Crippen molar-refractivity contribution in [3.8, 4) is 5.75 Å². The molecule has 0 N–H and O–H groups in total. The van der Waals surface area contributed by atoms with Crippen molar-refractivity contribution in [3.05, 3.63) is 29.3 Å². The van der Waals surface area contributed by atoms with E-state index in [1.165, 1.54) is 11.1 Å². The zero-order chi connectivity index (χ0) is 7.68. The Morgan fingerprint density at radius 1 is 1.45 bits per heavy atom. The molecule has 0 amide bonds. The third kappa shape index (κ3) is 1.11.